The molecule has 0 bridgehead atoms. The SMILES string of the molecule is COc1ccc(COC(=O)C2=C(C=CCOc3ccc4c(-c5ccc(OC)cc5C)c5ccc(=O)cc-5oc4c3)CSC3C(NC(=O)Cc4ccccc4)C(=O)N23)cc1. The summed E-state index contributed by atoms with van der Waals surface area (Å²) in [7, 11) is 3.20. The maximum absolute atomic E-state index is 13.8. The zero-order chi connectivity index (χ0) is 41.0. The highest BCUT2D eigenvalue weighted by molar-refractivity contribution is 8.00. The minimum absolute atomic E-state index is 0.0122. The van der Waals surface area contributed by atoms with Crippen molar-refractivity contribution in [3.05, 3.63) is 160 Å². The first kappa shape index (κ1) is 39.1. The van der Waals surface area contributed by atoms with Crippen LogP contribution in [0.1, 0.15) is 16.7 Å². The second-order valence-corrected chi connectivity index (χ2v) is 15.2. The number of β-lactam (4-membered cyclic amide) rings is 1. The van der Waals surface area contributed by atoms with Gasteiger partial charge in [0.2, 0.25) is 5.91 Å². The lowest BCUT2D eigenvalue weighted by molar-refractivity contribution is -0.153. The van der Waals surface area contributed by atoms with E-state index in [0.29, 0.717) is 34.2 Å². The Morgan fingerprint density at radius 1 is 0.847 bits per heavy atom. The molecule has 0 radical (unpaired) electrons. The number of carbonyl (C=O) groups is 3. The van der Waals surface area contributed by atoms with E-state index in [2.05, 4.69) is 5.32 Å². The highest BCUT2D eigenvalue weighted by atomic mass is 32.2. The molecule has 1 saturated heterocycles. The zero-order valence-corrected chi connectivity index (χ0v) is 33.4. The Hall–Kier alpha value is -6.79. The largest absolute Gasteiger partial charge is 0.497 e. The van der Waals surface area contributed by atoms with Gasteiger partial charge in [-0.3, -0.25) is 19.3 Å². The predicted molar refractivity (Wildman–Crippen MR) is 225 cm³/mol. The Morgan fingerprint density at radius 2 is 1.59 bits per heavy atom. The summed E-state index contributed by atoms with van der Waals surface area (Å²) >= 11 is 1.46. The number of esters is 1. The Bertz CT molecular complexity index is 2650. The molecule has 1 fully saturated rings. The molecule has 0 saturated carbocycles. The van der Waals surface area contributed by atoms with Crippen molar-refractivity contribution in [2.24, 2.45) is 0 Å². The quantitative estimate of drug-likeness (QED) is 0.0712. The van der Waals surface area contributed by atoms with Crippen LogP contribution in [0.2, 0.25) is 0 Å². The van der Waals surface area contributed by atoms with Crippen LogP contribution in [0.25, 0.3) is 33.4 Å². The second-order valence-electron chi connectivity index (χ2n) is 14.1. The van der Waals surface area contributed by atoms with E-state index in [0.717, 1.165) is 44.5 Å². The highest BCUT2D eigenvalue weighted by Crippen LogP contribution is 2.43. The van der Waals surface area contributed by atoms with E-state index in [1.54, 1.807) is 62.8 Å². The molecule has 2 atom stereocenters. The first-order valence-electron chi connectivity index (χ1n) is 19.0. The van der Waals surface area contributed by atoms with E-state index < -0.39 is 17.4 Å². The molecule has 1 aliphatic carbocycles. The summed E-state index contributed by atoms with van der Waals surface area (Å²) in [6.07, 6.45) is 3.67. The summed E-state index contributed by atoms with van der Waals surface area (Å²) in [5.74, 6) is 1.48. The number of rotatable bonds is 13. The summed E-state index contributed by atoms with van der Waals surface area (Å²) < 4.78 is 28.8. The maximum Gasteiger partial charge on any atom is 0.355 e. The van der Waals surface area contributed by atoms with Crippen molar-refractivity contribution in [3.8, 4) is 39.7 Å². The molecular formula is C47H40N2O9S. The Balaban J connectivity index is 1.03. The minimum Gasteiger partial charge on any atom is -0.497 e. The number of hydrogen-bond acceptors (Lipinski definition) is 10. The van der Waals surface area contributed by atoms with Crippen molar-refractivity contribution in [2.45, 2.75) is 31.4 Å². The number of benzene rings is 5. The van der Waals surface area contributed by atoms with Gasteiger partial charge in [0.25, 0.3) is 5.91 Å². The molecule has 4 aliphatic rings. The predicted octanol–water partition coefficient (Wildman–Crippen LogP) is 7.47. The number of ether oxygens (including phenoxy) is 4. The van der Waals surface area contributed by atoms with Crippen molar-refractivity contribution in [1.82, 2.24) is 10.2 Å². The van der Waals surface area contributed by atoms with Crippen molar-refractivity contribution in [2.75, 3.05) is 26.6 Å². The molecule has 1 N–H and O–H groups in total. The van der Waals surface area contributed by atoms with Gasteiger partial charge in [0, 0.05) is 34.4 Å². The molecule has 0 aromatic heterocycles. The molecule has 8 rings (SSSR count). The Morgan fingerprint density at radius 3 is 2.36 bits per heavy atom. The van der Waals surface area contributed by atoms with E-state index >= 15 is 0 Å². The van der Waals surface area contributed by atoms with Gasteiger partial charge in [-0.25, -0.2) is 4.79 Å². The normalized spacial score (nSPS) is 16.2. The fourth-order valence-electron chi connectivity index (χ4n) is 7.31. The van der Waals surface area contributed by atoms with Gasteiger partial charge in [0.05, 0.1) is 20.6 Å². The molecule has 12 heteroatoms. The number of fused-ring (bicyclic) bond motifs is 3. The van der Waals surface area contributed by atoms with E-state index in [1.165, 1.54) is 28.8 Å². The number of carbonyl (C=O) groups excluding carboxylic acids is 3. The lowest BCUT2D eigenvalue weighted by Crippen LogP contribution is -2.70. The van der Waals surface area contributed by atoms with E-state index in [4.69, 9.17) is 23.4 Å². The average molecular weight is 809 g/mol. The Labute approximate surface area is 344 Å². The van der Waals surface area contributed by atoms with Gasteiger partial charge >= 0.3 is 5.97 Å². The van der Waals surface area contributed by atoms with Gasteiger partial charge < -0.3 is 28.7 Å². The first-order chi connectivity index (χ1) is 28.7. The number of methoxy groups -OCH3 is 2. The van der Waals surface area contributed by atoms with Gasteiger partial charge in [0.1, 0.15) is 58.9 Å². The van der Waals surface area contributed by atoms with Gasteiger partial charge in [0.15, 0.2) is 5.43 Å². The van der Waals surface area contributed by atoms with Crippen LogP contribution in [0.15, 0.2) is 142 Å². The van der Waals surface area contributed by atoms with E-state index in [-0.39, 0.29) is 42.6 Å². The van der Waals surface area contributed by atoms with Gasteiger partial charge in [-0.05, 0) is 89.4 Å². The molecule has 59 heavy (non-hydrogen) atoms. The first-order valence-corrected chi connectivity index (χ1v) is 20.0. The molecule has 3 aliphatic heterocycles. The summed E-state index contributed by atoms with van der Waals surface area (Å²) in [5, 5.41) is 3.24. The van der Waals surface area contributed by atoms with Crippen LogP contribution in [0.5, 0.6) is 17.2 Å². The molecule has 3 heterocycles. The minimum atomic E-state index is -0.778. The standard InChI is InChI=1S/C47H40N2O9S/c1-28-22-34(55-3)16-19-36(28)42-37-18-13-32(50)24-39(37)58-40-25-35(17-20-38(40)42)56-21-7-10-31-27-59-46-43(48-41(51)23-29-8-5-4-6-9-29)45(52)49(46)44(31)47(53)57-26-30-11-14-33(54-2)15-12-30/h4-20,22,24-25,43,46H,21,23,26-27H2,1-3H3,(H,48,51). The summed E-state index contributed by atoms with van der Waals surface area (Å²) in [6, 6.07) is 31.9. The molecule has 2 amide bonds. The van der Waals surface area contributed by atoms with Crippen molar-refractivity contribution < 1.29 is 37.7 Å². The monoisotopic (exact) mass is 808 g/mol. The number of nitrogens with one attached hydrogen (secondary N) is 1. The third-order valence-corrected chi connectivity index (χ3v) is 11.6. The lowest BCUT2D eigenvalue weighted by atomic mass is 9.91. The average Bonchev–Trinajstić information content (AvgIpc) is 3.25. The number of thioether (sulfide) groups is 1. The summed E-state index contributed by atoms with van der Waals surface area (Å²) in [5.41, 5.74) is 6.40. The van der Waals surface area contributed by atoms with Gasteiger partial charge in [-0.1, -0.05) is 54.6 Å². The van der Waals surface area contributed by atoms with Crippen LogP contribution in [-0.4, -0.2) is 60.7 Å². The molecule has 0 spiro atoms. The molecule has 2 unspecified atom stereocenters. The van der Waals surface area contributed by atoms with E-state index in [9.17, 15) is 19.2 Å². The fourth-order valence-corrected chi connectivity index (χ4v) is 8.63. The van der Waals surface area contributed by atoms with Gasteiger partial charge in [-0.2, -0.15) is 0 Å². The number of aryl methyl sites for hydroxylation is 1. The van der Waals surface area contributed by atoms with Crippen LogP contribution < -0.4 is 25.0 Å². The lowest BCUT2D eigenvalue weighted by Gasteiger charge is -2.49. The number of nitrogens with zero attached hydrogens (tertiary/aromatic N) is 1. The molecule has 298 valence electrons. The third-order valence-electron chi connectivity index (χ3n) is 10.3. The van der Waals surface area contributed by atoms with Gasteiger partial charge in [-0.15, -0.1) is 11.8 Å². The van der Waals surface area contributed by atoms with Crippen molar-refractivity contribution >= 4 is 40.5 Å². The molecular weight excluding hydrogens is 769 g/mol. The summed E-state index contributed by atoms with van der Waals surface area (Å²) in [4.78, 5) is 54.1. The number of allylic oxidation sites excluding steroid dienone is 1. The summed E-state index contributed by atoms with van der Waals surface area (Å²) in [6.45, 7) is 2.13. The van der Waals surface area contributed by atoms with Crippen LogP contribution in [0, 0.1) is 6.92 Å². The molecule has 4 aromatic carbocycles. The fraction of sp³-hybridized carbons (Fsp3) is 0.191. The van der Waals surface area contributed by atoms with Crippen LogP contribution >= 0.6 is 11.8 Å². The van der Waals surface area contributed by atoms with E-state index in [1.807, 2.05) is 67.6 Å². The maximum atomic E-state index is 13.8. The number of hydrogen-bond donors (Lipinski definition) is 1. The highest BCUT2D eigenvalue weighted by Gasteiger charge is 2.54. The number of amides is 2. The topological polar surface area (TPSA) is 134 Å². The van der Waals surface area contributed by atoms with Crippen LogP contribution in [0.4, 0.5) is 0 Å². The van der Waals surface area contributed by atoms with Crippen LogP contribution in [-0.2, 0) is 32.1 Å². The molecule has 11 nitrogen and oxygen atoms in total. The second kappa shape index (κ2) is 17.0. The van der Waals surface area contributed by atoms with Crippen LogP contribution in [0.3, 0.4) is 0 Å². The van der Waals surface area contributed by atoms with Crippen molar-refractivity contribution in [3.63, 3.8) is 0 Å². The molecule has 4 aromatic rings. The third kappa shape index (κ3) is 8.17. The van der Waals surface area contributed by atoms with Crippen molar-refractivity contribution in [1.29, 1.82) is 0 Å². The Kier molecular flexibility index (Phi) is 11.2. The smallest absolute Gasteiger partial charge is 0.355 e. The zero-order valence-electron chi connectivity index (χ0n) is 32.6.